The Hall–Kier alpha value is -1.96. The Bertz CT molecular complexity index is 682. The molecule has 2 aliphatic heterocycles. The van der Waals surface area contributed by atoms with Gasteiger partial charge in [0.15, 0.2) is 11.5 Å². The van der Waals surface area contributed by atoms with Gasteiger partial charge in [0, 0.05) is 19.2 Å². The Balaban J connectivity index is 1.85. The third-order valence-electron chi connectivity index (χ3n) is 3.78. The van der Waals surface area contributed by atoms with Crippen LogP contribution in [-0.4, -0.2) is 51.9 Å². The summed E-state index contributed by atoms with van der Waals surface area (Å²) in [5.41, 5.74) is 0.402. The van der Waals surface area contributed by atoms with Crippen molar-refractivity contribution in [1.82, 2.24) is 4.90 Å². The van der Waals surface area contributed by atoms with Gasteiger partial charge in [0.05, 0.1) is 11.9 Å². The molecule has 0 saturated carbocycles. The van der Waals surface area contributed by atoms with Crippen LogP contribution in [0.2, 0.25) is 0 Å². The van der Waals surface area contributed by atoms with Crippen molar-refractivity contribution < 1.29 is 22.7 Å². The van der Waals surface area contributed by atoms with Crippen LogP contribution in [0.15, 0.2) is 18.2 Å². The van der Waals surface area contributed by atoms with Crippen molar-refractivity contribution in [3.63, 3.8) is 0 Å². The molecule has 1 saturated heterocycles. The first-order valence-electron chi connectivity index (χ1n) is 7.10. The second kappa shape index (κ2) is 5.68. The maximum Gasteiger partial charge on any atom is 0.243 e. The van der Waals surface area contributed by atoms with Gasteiger partial charge in [0.2, 0.25) is 22.7 Å². The molecule has 3 rings (SSSR count). The fraction of sp³-hybridized carbons (Fsp3) is 0.500. The van der Waals surface area contributed by atoms with Crippen molar-refractivity contribution >= 4 is 21.6 Å². The van der Waals surface area contributed by atoms with Crippen LogP contribution in [0.5, 0.6) is 11.5 Å². The first kappa shape index (κ1) is 15.0. The van der Waals surface area contributed by atoms with E-state index in [1.54, 1.807) is 23.1 Å². The lowest BCUT2D eigenvalue weighted by molar-refractivity contribution is -0.128. The number of rotatable bonds is 4. The van der Waals surface area contributed by atoms with Crippen LogP contribution in [0.25, 0.3) is 0 Å². The topological polar surface area (TPSA) is 76.2 Å². The maximum absolute atomic E-state index is 12.3. The Kier molecular flexibility index (Phi) is 3.86. The average molecular weight is 326 g/mol. The number of hydrogen-bond acceptors (Lipinski definition) is 5. The zero-order chi connectivity index (χ0) is 15.7. The minimum Gasteiger partial charge on any atom is -0.454 e. The van der Waals surface area contributed by atoms with E-state index in [2.05, 4.69) is 0 Å². The van der Waals surface area contributed by atoms with Gasteiger partial charge in [-0.15, -0.1) is 0 Å². The average Bonchev–Trinajstić information content (AvgIpc) is 3.13. The fourth-order valence-electron chi connectivity index (χ4n) is 2.63. The zero-order valence-electron chi connectivity index (χ0n) is 12.3. The van der Waals surface area contributed by atoms with Crippen LogP contribution in [0.3, 0.4) is 0 Å². The molecular weight excluding hydrogens is 308 g/mol. The lowest BCUT2D eigenvalue weighted by Crippen LogP contribution is -2.41. The van der Waals surface area contributed by atoms with E-state index >= 15 is 0 Å². The van der Waals surface area contributed by atoms with E-state index in [-0.39, 0.29) is 19.2 Å². The molecule has 22 heavy (non-hydrogen) atoms. The second-order valence-corrected chi connectivity index (χ2v) is 7.30. The Morgan fingerprint density at radius 2 is 1.91 bits per heavy atom. The molecule has 0 spiro atoms. The molecule has 7 nitrogen and oxygen atoms in total. The summed E-state index contributed by atoms with van der Waals surface area (Å²) in [6.07, 6.45) is 3.03. The summed E-state index contributed by atoms with van der Waals surface area (Å²) in [4.78, 5) is 14.0. The van der Waals surface area contributed by atoms with Crippen LogP contribution in [0.1, 0.15) is 12.8 Å². The van der Waals surface area contributed by atoms with Crippen LogP contribution >= 0.6 is 0 Å². The predicted octanol–water partition coefficient (Wildman–Crippen LogP) is 0.804. The van der Waals surface area contributed by atoms with Crippen molar-refractivity contribution in [2.24, 2.45) is 0 Å². The fourth-order valence-corrected chi connectivity index (χ4v) is 3.47. The molecule has 120 valence electrons. The largest absolute Gasteiger partial charge is 0.454 e. The minimum atomic E-state index is -3.57. The number of ether oxygens (including phenoxy) is 2. The van der Waals surface area contributed by atoms with Crippen molar-refractivity contribution in [1.29, 1.82) is 0 Å². The highest BCUT2D eigenvalue weighted by molar-refractivity contribution is 7.92. The molecule has 0 bridgehead atoms. The van der Waals surface area contributed by atoms with Crippen LogP contribution in [-0.2, 0) is 14.8 Å². The Morgan fingerprint density at radius 1 is 1.23 bits per heavy atom. The molecule has 0 aliphatic carbocycles. The van der Waals surface area contributed by atoms with Gasteiger partial charge in [-0.25, -0.2) is 8.42 Å². The number of anilines is 1. The van der Waals surface area contributed by atoms with Gasteiger partial charge >= 0.3 is 0 Å². The van der Waals surface area contributed by atoms with Gasteiger partial charge in [-0.3, -0.25) is 9.10 Å². The van der Waals surface area contributed by atoms with E-state index in [1.165, 1.54) is 0 Å². The molecule has 2 heterocycles. The smallest absolute Gasteiger partial charge is 0.243 e. The van der Waals surface area contributed by atoms with Gasteiger partial charge in [-0.1, -0.05) is 0 Å². The predicted molar refractivity (Wildman–Crippen MR) is 80.6 cm³/mol. The molecule has 0 aromatic heterocycles. The SMILES string of the molecule is CS(=O)(=O)N(CC(=O)N1CCCC1)c1ccc2c(c1)OCO2. The molecule has 1 aromatic carbocycles. The van der Waals surface area contributed by atoms with Gasteiger partial charge < -0.3 is 14.4 Å². The third-order valence-corrected chi connectivity index (χ3v) is 4.92. The lowest BCUT2D eigenvalue weighted by atomic mass is 10.2. The first-order valence-corrected chi connectivity index (χ1v) is 8.95. The molecular formula is C14H18N2O5S. The van der Waals surface area contributed by atoms with Gasteiger partial charge in [0.1, 0.15) is 6.54 Å². The van der Waals surface area contributed by atoms with Crippen molar-refractivity contribution in [3.8, 4) is 11.5 Å². The number of fused-ring (bicyclic) bond motifs is 1. The number of carbonyl (C=O) groups excluding carboxylic acids is 1. The summed E-state index contributed by atoms with van der Waals surface area (Å²) in [5, 5.41) is 0. The number of carbonyl (C=O) groups is 1. The third kappa shape index (κ3) is 2.96. The number of likely N-dealkylation sites (tertiary alicyclic amines) is 1. The lowest BCUT2D eigenvalue weighted by Gasteiger charge is -2.25. The number of amides is 1. The standard InChI is InChI=1S/C14H18N2O5S/c1-22(18,19)16(9-14(17)15-6-2-3-7-15)11-4-5-12-13(8-11)21-10-20-12/h4-5,8H,2-3,6-7,9-10H2,1H3. The van der Waals surface area contributed by atoms with Crippen LogP contribution in [0, 0.1) is 0 Å². The van der Waals surface area contributed by atoms with E-state index in [9.17, 15) is 13.2 Å². The molecule has 2 aliphatic rings. The van der Waals surface area contributed by atoms with E-state index in [0.717, 1.165) is 23.4 Å². The number of benzene rings is 1. The highest BCUT2D eigenvalue weighted by Crippen LogP contribution is 2.36. The molecule has 0 atom stereocenters. The number of nitrogens with zero attached hydrogens (tertiary/aromatic N) is 2. The summed E-state index contributed by atoms with van der Waals surface area (Å²) < 4.78 is 35.7. The summed E-state index contributed by atoms with van der Waals surface area (Å²) in [6, 6.07) is 4.85. The van der Waals surface area contributed by atoms with Crippen molar-refractivity contribution in [2.75, 3.05) is 37.0 Å². The summed E-state index contributed by atoms with van der Waals surface area (Å²) in [7, 11) is -3.57. The highest BCUT2D eigenvalue weighted by atomic mass is 32.2. The maximum atomic E-state index is 12.3. The first-order chi connectivity index (χ1) is 10.4. The van der Waals surface area contributed by atoms with Gasteiger partial charge in [-0.05, 0) is 25.0 Å². The Morgan fingerprint density at radius 3 is 2.59 bits per heavy atom. The molecule has 0 N–H and O–H groups in total. The Labute approximate surface area is 129 Å². The molecule has 0 unspecified atom stereocenters. The molecule has 1 fully saturated rings. The van der Waals surface area contributed by atoms with Gasteiger partial charge in [0.25, 0.3) is 0 Å². The van der Waals surface area contributed by atoms with E-state index in [1.807, 2.05) is 0 Å². The summed E-state index contributed by atoms with van der Waals surface area (Å²) in [5.74, 6) is 0.878. The number of hydrogen-bond donors (Lipinski definition) is 0. The molecule has 0 radical (unpaired) electrons. The molecule has 1 amide bonds. The summed E-state index contributed by atoms with van der Waals surface area (Å²) in [6.45, 7) is 1.30. The monoisotopic (exact) mass is 326 g/mol. The quantitative estimate of drug-likeness (QED) is 0.818. The zero-order valence-corrected chi connectivity index (χ0v) is 13.1. The van der Waals surface area contributed by atoms with Crippen molar-refractivity contribution in [2.45, 2.75) is 12.8 Å². The van der Waals surface area contributed by atoms with Gasteiger partial charge in [-0.2, -0.15) is 0 Å². The van der Waals surface area contributed by atoms with E-state index < -0.39 is 10.0 Å². The van der Waals surface area contributed by atoms with E-state index in [0.29, 0.717) is 30.3 Å². The normalized spacial score (nSPS) is 16.9. The van der Waals surface area contributed by atoms with Crippen molar-refractivity contribution in [3.05, 3.63) is 18.2 Å². The van der Waals surface area contributed by atoms with E-state index in [4.69, 9.17) is 9.47 Å². The summed E-state index contributed by atoms with van der Waals surface area (Å²) >= 11 is 0. The number of sulfonamides is 1. The van der Waals surface area contributed by atoms with Crippen LogP contribution < -0.4 is 13.8 Å². The minimum absolute atomic E-state index is 0.115. The molecule has 8 heteroatoms. The van der Waals surface area contributed by atoms with Crippen LogP contribution in [0.4, 0.5) is 5.69 Å². The second-order valence-electron chi connectivity index (χ2n) is 5.40. The molecule has 1 aromatic rings. The highest BCUT2D eigenvalue weighted by Gasteiger charge is 2.27.